The van der Waals surface area contributed by atoms with Crippen LogP contribution in [0.4, 0.5) is 0 Å². The summed E-state index contributed by atoms with van der Waals surface area (Å²) in [7, 11) is 0. The van der Waals surface area contributed by atoms with Crippen LogP contribution in [0.3, 0.4) is 0 Å². The second-order valence-corrected chi connectivity index (χ2v) is 6.88. The zero-order chi connectivity index (χ0) is 15.2. The summed E-state index contributed by atoms with van der Waals surface area (Å²) in [5.41, 5.74) is 1.97. The van der Waals surface area contributed by atoms with E-state index in [4.69, 9.17) is 11.6 Å². The minimum Gasteiger partial charge on any atom is -0.386 e. The molecule has 0 aliphatic rings. The van der Waals surface area contributed by atoms with Crippen molar-refractivity contribution in [1.29, 1.82) is 0 Å². The summed E-state index contributed by atoms with van der Waals surface area (Å²) in [6, 6.07) is 13.7. The quantitative estimate of drug-likeness (QED) is 0.658. The lowest BCUT2D eigenvalue weighted by Gasteiger charge is -2.22. The Morgan fingerprint density at radius 1 is 1.14 bits per heavy atom. The standard InChI is InChI=1S/C17H15BrClNO/c1-17(2,21)13-5-3-4-6-16(13)20-10-14(18)12-9-11(19)7-8-15(12)20/h3-10,21H,1-2H3. The van der Waals surface area contributed by atoms with Gasteiger partial charge in [0, 0.05) is 26.6 Å². The molecule has 0 radical (unpaired) electrons. The molecule has 0 spiro atoms. The summed E-state index contributed by atoms with van der Waals surface area (Å²) < 4.78 is 3.05. The zero-order valence-electron chi connectivity index (χ0n) is 11.8. The predicted octanol–water partition coefficient (Wildman–Crippen LogP) is 5.27. The Labute approximate surface area is 137 Å². The number of hydrogen-bond donors (Lipinski definition) is 1. The third-order valence-electron chi connectivity index (χ3n) is 3.54. The third-order valence-corrected chi connectivity index (χ3v) is 4.41. The number of aliphatic hydroxyl groups is 1. The topological polar surface area (TPSA) is 25.2 Å². The molecule has 0 atom stereocenters. The first kappa shape index (κ1) is 14.6. The van der Waals surface area contributed by atoms with Crippen LogP contribution in [0.1, 0.15) is 19.4 Å². The fourth-order valence-electron chi connectivity index (χ4n) is 2.56. The minimum atomic E-state index is -0.911. The average molecular weight is 365 g/mol. The summed E-state index contributed by atoms with van der Waals surface area (Å²) in [6.07, 6.45) is 2.01. The molecule has 0 fully saturated rings. The Bertz CT molecular complexity index is 817. The number of hydrogen-bond acceptors (Lipinski definition) is 1. The first-order chi connectivity index (χ1) is 9.88. The molecule has 21 heavy (non-hydrogen) atoms. The summed E-state index contributed by atoms with van der Waals surface area (Å²) in [5.74, 6) is 0. The molecule has 3 rings (SSSR count). The monoisotopic (exact) mass is 363 g/mol. The molecule has 0 saturated carbocycles. The van der Waals surface area contributed by atoms with E-state index in [-0.39, 0.29) is 0 Å². The maximum atomic E-state index is 10.4. The number of aromatic nitrogens is 1. The van der Waals surface area contributed by atoms with E-state index in [2.05, 4.69) is 20.5 Å². The van der Waals surface area contributed by atoms with Gasteiger partial charge in [0.1, 0.15) is 0 Å². The SMILES string of the molecule is CC(C)(O)c1ccccc1-n1cc(Br)c2cc(Cl)ccc21. The average Bonchev–Trinajstić information content (AvgIpc) is 2.75. The molecule has 1 heterocycles. The fraction of sp³-hybridized carbons (Fsp3) is 0.176. The largest absolute Gasteiger partial charge is 0.386 e. The highest BCUT2D eigenvalue weighted by Crippen LogP contribution is 2.34. The van der Waals surface area contributed by atoms with Crippen LogP contribution in [0.5, 0.6) is 0 Å². The summed E-state index contributed by atoms with van der Waals surface area (Å²) in [6.45, 7) is 3.59. The van der Waals surface area contributed by atoms with E-state index < -0.39 is 5.60 Å². The van der Waals surface area contributed by atoms with E-state index >= 15 is 0 Å². The van der Waals surface area contributed by atoms with Crippen molar-refractivity contribution >= 4 is 38.4 Å². The molecule has 4 heteroatoms. The van der Waals surface area contributed by atoms with Crippen molar-refractivity contribution in [2.24, 2.45) is 0 Å². The van der Waals surface area contributed by atoms with E-state index in [9.17, 15) is 5.11 Å². The van der Waals surface area contributed by atoms with Crippen molar-refractivity contribution in [3.8, 4) is 5.69 Å². The van der Waals surface area contributed by atoms with Gasteiger partial charge in [-0.2, -0.15) is 0 Å². The number of para-hydroxylation sites is 1. The van der Waals surface area contributed by atoms with Gasteiger partial charge >= 0.3 is 0 Å². The molecule has 0 amide bonds. The summed E-state index contributed by atoms with van der Waals surface area (Å²) >= 11 is 9.66. The molecule has 0 bridgehead atoms. The van der Waals surface area contributed by atoms with Crippen LogP contribution in [0, 0.1) is 0 Å². The van der Waals surface area contributed by atoms with Crippen molar-refractivity contribution in [1.82, 2.24) is 4.57 Å². The predicted molar refractivity (Wildman–Crippen MR) is 91.2 cm³/mol. The van der Waals surface area contributed by atoms with Crippen LogP contribution in [0.25, 0.3) is 16.6 Å². The number of benzene rings is 2. The van der Waals surface area contributed by atoms with Crippen molar-refractivity contribution in [3.63, 3.8) is 0 Å². The van der Waals surface area contributed by atoms with Crippen molar-refractivity contribution in [2.45, 2.75) is 19.4 Å². The van der Waals surface area contributed by atoms with Gasteiger partial charge in [-0.3, -0.25) is 0 Å². The second-order valence-electron chi connectivity index (χ2n) is 5.58. The molecule has 0 saturated heterocycles. The summed E-state index contributed by atoms with van der Waals surface area (Å²) in [5, 5.41) is 12.2. The number of nitrogens with zero attached hydrogens (tertiary/aromatic N) is 1. The van der Waals surface area contributed by atoms with Gasteiger partial charge in [0.2, 0.25) is 0 Å². The first-order valence-corrected chi connectivity index (χ1v) is 7.83. The van der Waals surface area contributed by atoms with Crippen molar-refractivity contribution < 1.29 is 5.11 Å². The smallest absolute Gasteiger partial charge is 0.0860 e. The fourth-order valence-corrected chi connectivity index (χ4v) is 3.26. The Balaban J connectivity index is 2.32. The lowest BCUT2D eigenvalue weighted by atomic mass is 9.96. The molecule has 1 N–H and O–H groups in total. The van der Waals surface area contributed by atoms with Gasteiger partial charge in [-0.25, -0.2) is 0 Å². The van der Waals surface area contributed by atoms with Gasteiger partial charge in [-0.15, -0.1) is 0 Å². The Morgan fingerprint density at radius 3 is 2.57 bits per heavy atom. The first-order valence-electron chi connectivity index (χ1n) is 6.66. The molecule has 1 aromatic heterocycles. The highest BCUT2D eigenvalue weighted by atomic mass is 79.9. The molecule has 3 aromatic rings. The van der Waals surface area contributed by atoms with E-state index in [1.807, 2.05) is 48.7 Å². The molecule has 0 aliphatic heterocycles. The maximum absolute atomic E-state index is 10.4. The van der Waals surface area contributed by atoms with Gasteiger partial charge < -0.3 is 9.67 Å². The van der Waals surface area contributed by atoms with Gasteiger partial charge in [-0.05, 0) is 54.0 Å². The molecular weight excluding hydrogens is 350 g/mol. The third kappa shape index (κ3) is 2.61. The van der Waals surface area contributed by atoms with Gasteiger partial charge in [-0.1, -0.05) is 29.8 Å². The Morgan fingerprint density at radius 2 is 1.86 bits per heavy atom. The van der Waals surface area contributed by atoms with Crippen molar-refractivity contribution in [3.05, 3.63) is 63.7 Å². The van der Waals surface area contributed by atoms with Crippen LogP contribution < -0.4 is 0 Å². The van der Waals surface area contributed by atoms with E-state index in [0.717, 1.165) is 26.6 Å². The maximum Gasteiger partial charge on any atom is 0.0860 e. The lowest BCUT2D eigenvalue weighted by Crippen LogP contribution is -2.18. The van der Waals surface area contributed by atoms with Gasteiger partial charge in [0.05, 0.1) is 16.8 Å². The van der Waals surface area contributed by atoms with Gasteiger partial charge in [0.25, 0.3) is 0 Å². The highest BCUT2D eigenvalue weighted by molar-refractivity contribution is 9.10. The molecule has 0 aliphatic carbocycles. The van der Waals surface area contributed by atoms with Crippen LogP contribution in [-0.2, 0) is 5.60 Å². The summed E-state index contributed by atoms with van der Waals surface area (Å²) in [4.78, 5) is 0. The zero-order valence-corrected chi connectivity index (χ0v) is 14.1. The van der Waals surface area contributed by atoms with E-state index in [1.165, 1.54) is 0 Å². The molecule has 2 nitrogen and oxygen atoms in total. The van der Waals surface area contributed by atoms with Gasteiger partial charge in [0.15, 0.2) is 0 Å². The number of fused-ring (bicyclic) bond motifs is 1. The number of rotatable bonds is 2. The molecule has 0 unspecified atom stereocenters. The Hall–Kier alpha value is -1.29. The molecule has 2 aromatic carbocycles. The molecular formula is C17H15BrClNO. The van der Waals surface area contributed by atoms with Crippen LogP contribution in [0.2, 0.25) is 5.02 Å². The molecule has 108 valence electrons. The van der Waals surface area contributed by atoms with Crippen LogP contribution >= 0.6 is 27.5 Å². The highest BCUT2D eigenvalue weighted by Gasteiger charge is 2.21. The minimum absolute atomic E-state index is 0.705. The van der Waals surface area contributed by atoms with E-state index in [1.54, 1.807) is 13.8 Å². The van der Waals surface area contributed by atoms with Crippen LogP contribution in [-0.4, -0.2) is 9.67 Å². The number of halogens is 2. The normalized spacial score (nSPS) is 12.0. The Kier molecular flexibility index (Phi) is 3.60. The van der Waals surface area contributed by atoms with E-state index in [0.29, 0.717) is 5.02 Å². The lowest BCUT2D eigenvalue weighted by molar-refractivity contribution is 0.0786. The van der Waals surface area contributed by atoms with Crippen molar-refractivity contribution in [2.75, 3.05) is 0 Å². The van der Waals surface area contributed by atoms with Crippen LogP contribution in [0.15, 0.2) is 53.1 Å². The second kappa shape index (κ2) is 5.16.